The number of carbonyl (C=O) groups is 1. The highest BCUT2D eigenvalue weighted by molar-refractivity contribution is 5.79. The van der Waals surface area contributed by atoms with Gasteiger partial charge in [-0.15, -0.1) is 0 Å². The molecule has 4 nitrogen and oxygen atoms in total. The van der Waals surface area contributed by atoms with Gasteiger partial charge in [0.05, 0.1) is 5.60 Å². The predicted octanol–water partition coefficient (Wildman–Crippen LogP) is 5.87. The second-order valence-corrected chi connectivity index (χ2v) is 9.76. The molecular weight excluding hydrogens is 455 g/mol. The van der Waals surface area contributed by atoms with Crippen LogP contribution >= 0.6 is 0 Å². The van der Waals surface area contributed by atoms with Crippen molar-refractivity contribution in [2.45, 2.75) is 49.3 Å². The van der Waals surface area contributed by atoms with Crippen molar-refractivity contribution in [1.29, 1.82) is 0 Å². The fourth-order valence-electron chi connectivity index (χ4n) is 6.30. The molecule has 7 heteroatoms. The first kappa shape index (κ1) is 22.2. The van der Waals surface area contributed by atoms with E-state index in [9.17, 15) is 23.1 Å². The van der Waals surface area contributed by atoms with Crippen LogP contribution in [0.3, 0.4) is 0 Å². The van der Waals surface area contributed by atoms with Gasteiger partial charge in [0.15, 0.2) is 17.5 Å². The Morgan fingerprint density at radius 1 is 0.886 bits per heavy atom. The number of aliphatic hydroxyl groups is 1. The van der Waals surface area contributed by atoms with Crippen LogP contribution in [0.4, 0.5) is 18.0 Å². The van der Waals surface area contributed by atoms with Gasteiger partial charge in [0, 0.05) is 36.4 Å². The zero-order valence-electron chi connectivity index (χ0n) is 18.9. The Balaban J connectivity index is 1.20. The maximum absolute atomic E-state index is 14.5. The van der Waals surface area contributed by atoms with Gasteiger partial charge in [-0.05, 0) is 41.2 Å². The first-order valence-corrected chi connectivity index (χ1v) is 11.9. The number of benzene rings is 3. The Hall–Kier alpha value is -3.32. The fourth-order valence-corrected chi connectivity index (χ4v) is 6.30. The molecule has 0 spiro atoms. The Morgan fingerprint density at radius 2 is 1.46 bits per heavy atom. The van der Waals surface area contributed by atoms with Crippen molar-refractivity contribution in [3.05, 3.63) is 94.8 Å². The van der Waals surface area contributed by atoms with Crippen LogP contribution in [0.25, 0.3) is 11.1 Å². The number of halogens is 3. The summed E-state index contributed by atoms with van der Waals surface area (Å²) in [7, 11) is 0. The van der Waals surface area contributed by atoms with E-state index in [1.807, 2.05) is 24.3 Å². The zero-order valence-corrected chi connectivity index (χ0v) is 18.9. The van der Waals surface area contributed by atoms with E-state index in [2.05, 4.69) is 24.3 Å². The standard InChI is InChI=1S/C28H24F3NO3/c29-24-12-11-23(25(30)26(24)31)28(34)13-16-9-10-17(14-28)32(16)27(33)35-15-22-20-7-3-1-5-18(20)19-6-2-4-8-21(19)22/h1-8,11-12,16-17,22,34H,9-10,13-15H2. The highest BCUT2D eigenvalue weighted by atomic mass is 19.2. The number of piperidine rings is 1. The van der Waals surface area contributed by atoms with Crippen molar-refractivity contribution in [3.8, 4) is 11.1 Å². The number of nitrogens with zero attached hydrogens (tertiary/aromatic N) is 1. The van der Waals surface area contributed by atoms with Gasteiger partial charge in [-0.2, -0.15) is 0 Å². The Bertz CT molecular complexity index is 1270. The van der Waals surface area contributed by atoms with Gasteiger partial charge >= 0.3 is 6.09 Å². The van der Waals surface area contributed by atoms with Gasteiger partial charge in [0.25, 0.3) is 0 Å². The van der Waals surface area contributed by atoms with Crippen LogP contribution in [0.2, 0.25) is 0 Å². The molecule has 2 bridgehead atoms. The molecule has 2 fully saturated rings. The first-order valence-electron chi connectivity index (χ1n) is 11.9. The topological polar surface area (TPSA) is 49.8 Å². The first-order chi connectivity index (χ1) is 16.9. The third-order valence-electron chi connectivity index (χ3n) is 7.85. The molecule has 3 aromatic carbocycles. The van der Waals surface area contributed by atoms with Crippen molar-refractivity contribution < 1.29 is 27.8 Å². The largest absolute Gasteiger partial charge is 0.448 e. The monoisotopic (exact) mass is 479 g/mol. The van der Waals surface area contributed by atoms with Crippen LogP contribution in [-0.4, -0.2) is 34.8 Å². The van der Waals surface area contributed by atoms with E-state index in [0.29, 0.717) is 12.8 Å². The van der Waals surface area contributed by atoms with E-state index < -0.39 is 29.1 Å². The molecular formula is C28H24F3NO3. The third kappa shape index (κ3) is 3.44. The van der Waals surface area contributed by atoms with E-state index >= 15 is 0 Å². The Kier molecular flexibility index (Phi) is 5.14. The van der Waals surface area contributed by atoms with Crippen LogP contribution in [0.5, 0.6) is 0 Å². The molecule has 2 heterocycles. The van der Waals surface area contributed by atoms with Gasteiger partial charge in [0.2, 0.25) is 0 Å². The zero-order chi connectivity index (χ0) is 24.3. The van der Waals surface area contributed by atoms with Crippen molar-refractivity contribution in [1.82, 2.24) is 4.90 Å². The lowest BCUT2D eigenvalue weighted by Gasteiger charge is -2.43. The van der Waals surface area contributed by atoms with Crippen LogP contribution in [0.1, 0.15) is 48.3 Å². The minimum Gasteiger partial charge on any atom is -0.448 e. The van der Waals surface area contributed by atoms with Crippen LogP contribution in [0.15, 0.2) is 60.7 Å². The lowest BCUT2D eigenvalue weighted by Crippen LogP contribution is -2.52. The number of hydrogen-bond donors (Lipinski definition) is 1. The number of fused-ring (bicyclic) bond motifs is 5. The van der Waals surface area contributed by atoms with E-state index in [1.165, 1.54) is 0 Å². The fraction of sp³-hybridized carbons (Fsp3) is 0.321. The average Bonchev–Trinajstić information content (AvgIpc) is 3.33. The van der Waals surface area contributed by atoms with Gasteiger partial charge < -0.3 is 14.7 Å². The van der Waals surface area contributed by atoms with E-state index in [0.717, 1.165) is 34.4 Å². The minimum absolute atomic E-state index is 0.0374. The van der Waals surface area contributed by atoms with Crippen molar-refractivity contribution >= 4 is 6.09 Å². The van der Waals surface area contributed by atoms with Gasteiger partial charge in [0.1, 0.15) is 6.61 Å². The smallest absolute Gasteiger partial charge is 0.410 e. The lowest BCUT2D eigenvalue weighted by molar-refractivity contribution is -0.0555. The van der Waals surface area contributed by atoms with Crippen molar-refractivity contribution in [3.63, 3.8) is 0 Å². The molecule has 2 aliphatic heterocycles. The molecule has 180 valence electrons. The van der Waals surface area contributed by atoms with E-state index in [-0.39, 0.29) is 43.0 Å². The summed E-state index contributed by atoms with van der Waals surface area (Å²) in [5.74, 6) is -4.33. The van der Waals surface area contributed by atoms with Crippen molar-refractivity contribution in [2.75, 3.05) is 6.61 Å². The van der Waals surface area contributed by atoms with Gasteiger partial charge in [-0.1, -0.05) is 54.6 Å². The van der Waals surface area contributed by atoms with E-state index in [4.69, 9.17) is 4.74 Å². The molecule has 0 radical (unpaired) electrons. The molecule has 0 saturated carbocycles. The second kappa shape index (κ2) is 8.12. The number of hydrogen-bond acceptors (Lipinski definition) is 3. The van der Waals surface area contributed by atoms with Gasteiger partial charge in [-0.25, -0.2) is 18.0 Å². The van der Waals surface area contributed by atoms with Crippen LogP contribution < -0.4 is 0 Å². The minimum atomic E-state index is -1.68. The number of rotatable bonds is 3. The normalized spacial score (nSPS) is 24.9. The van der Waals surface area contributed by atoms with Crippen molar-refractivity contribution in [2.24, 2.45) is 0 Å². The summed E-state index contributed by atoms with van der Waals surface area (Å²) >= 11 is 0. The van der Waals surface area contributed by atoms with Crippen LogP contribution in [-0.2, 0) is 10.3 Å². The van der Waals surface area contributed by atoms with Gasteiger partial charge in [-0.3, -0.25) is 0 Å². The summed E-state index contributed by atoms with van der Waals surface area (Å²) in [5.41, 5.74) is 2.57. The summed E-state index contributed by atoms with van der Waals surface area (Å²) < 4.78 is 47.6. The summed E-state index contributed by atoms with van der Waals surface area (Å²) in [6, 6.07) is 17.3. The molecule has 0 aromatic heterocycles. The average molecular weight is 479 g/mol. The number of amides is 1. The third-order valence-corrected chi connectivity index (χ3v) is 7.85. The molecule has 2 atom stereocenters. The maximum atomic E-state index is 14.5. The highest BCUT2D eigenvalue weighted by Gasteiger charge is 2.52. The quantitative estimate of drug-likeness (QED) is 0.478. The second-order valence-electron chi connectivity index (χ2n) is 9.76. The Morgan fingerprint density at radius 3 is 2.06 bits per heavy atom. The molecule has 6 rings (SSSR count). The van der Waals surface area contributed by atoms with E-state index in [1.54, 1.807) is 4.90 Å². The molecule has 35 heavy (non-hydrogen) atoms. The molecule has 1 aliphatic carbocycles. The summed E-state index contributed by atoms with van der Waals surface area (Å²) in [5, 5.41) is 11.2. The number of ether oxygens (including phenoxy) is 1. The van der Waals surface area contributed by atoms with Crippen LogP contribution in [0, 0.1) is 17.5 Å². The molecule has 1 amide bonds. The molecule has 1 N–H and O–H groups in total. The summed E-state index contributed by atoms with van der Waals surface area (Å²) in [4.78, 5) is 14.8. The SMILES string of the molecule is O=C(OCC1c2ccccc2-c2ccccc21)N1C2CCC1CC(O)(c1ccc(F)c(F)c1F)C2. The summed E-state index contributed by atoms with van der Waals surface area (Å²) in [6.45, 7) is 0.185. The molecule has 2 saturated heterocycles. The number of carbonyl (C=O) groups excluding carboxylic acids is 1. The predicted molar refractivity (Wildman–Crippen MR) is 123 cm³/mol. The molecule has 3 aromatic rings. The lowest BCUT2D eigenvalue weighted by atomic mass is 9.80. The highest BCUT2D eigenvalue weighted by Crippen LogP contribution is 2.48. The Labute approximate surface area is 201 Å². The molecule has 2 unspecified atom stereocenters. The summed E-state index contributed by atoms with van der Waals surface area (Å²) in [6.07, 6.45) is 0.864. The molecule has 3 aliphatic rings. The maximum Gasteiger partial charge on any atom is 0.410 e.